The minimum absolute atomic E-state index is 0. The van der Waals surface area contributed by atoms with Gasteiger partial charge in [0, 0.05) is 44.8 Å². The lowest BCUT2D eigenvalue weighted by Gasteiger charge is -2.35. The fourth-order valence-corrected chi connectivity index (χ4v) is 3.33. The van der Waals surface area contributed by atoms with E-state index in [-0.39, 0.29) is 24.0 Å². The lowest BCUT2D eigenvalue weighted by atomic mass is 10.2. The van der Waals surface area contributed by atoms with Gasteiger partial charge in [0.2, 0.25) is 5.95 Å². The summed E-state index contributed by atoms with van der Waals surface area (Å²) in [5, 5.41) is 0. The monoisotopic (exact) mass is 502 g/mol. The quantitative estimate of drug-likeness (QED) is 0.380. The predicted molar refractivity (Wildman–Crippen MR) is 116 cm³/mol. The maximum absolute atomic E-state index is 11.5. The lowest BCUT2D eigenvalue weighted by Crippen LogP contribution is -2.51. The molecule has 2 heterocycles. The summed E-state index contributed by atoms with van der Waals surface area (Å²) in [6, 6.07) is 8.51. The van der Waals surface area contributed by atoms with Gasteiger partial charge in [0.15, 0.2) is 15.8 Å². The van der Waals surface area contributed by atoms with E-state index in [9.17, 15) is 8.42 Å². The number of nitrogens with zero attached hydrogens (tertiary/aromatic N) is 5. The Hall–Kier alpha value is -1.95. The average molecular weight is 502 g/mol. The molecule has 146 valence electrons. The third-order valence-corrected chi connectivity index (χ3v) is 5.34. The van der Waals surface area contributed by atoms with Crippen LogP contribution in [0.1, 0.15) is 5.56 Å². The van der Waals surface area contributed by atoms with E-state index in [0.29, 0.717) is 17.4 Å². The van der Waals surface area contributed by atoms with Gasteiger partial charge in [-0.25, -0.2) is 23.4 Å². The van der Waals surface area contributed by atoms with Crippen LogP contribution in [-0.4, -0.2) is 61.7 Å². The molecule has 0 saturated carbocycles. The van der Waals surface area contributed by atoms with Crippen molar-refractivity contribution in [3.63, 3.8) is 0 Å². The van der Waals surface area contributed by atoms with Crippen molar-refractivity contribution in [3.8, 4) is 0 Å². The van der Waals surface area contributed by atoms with Crippen molar-refractivity contribution in [2.24, 2.45) is 10.7 Å². The standard InChI is InChI=1S/C17H22N6O2S.HI/c1-26(24,25)15-5-3-14(4-6-15)13-21-16(18)22-9-11-23(12-10-22)17-19-7-2-8-20-17;/h2-8H,9-13H2,1H3,(H2,18,21);1H. The van der Waals surface area contributed by atoms with Crippen molar-refractivity contribution in [2.75, 3.05) is 37.3 Å². The average Bonchev–Trinajstić information content (AvgIpc) is 2.66. The summed E-state index contributed by atoms with van der Waals surface area (Å²) >= 11 is 0. The maximum atomic E-state index is 11.5. The van der Waals surface area contributed by atoms with E-state index in [1.807, 2.05) is 4.90 Å². The van der Waals surface area contributed by atoms with Gasteiger partial charge in [0.05, 0.1) is 11.4 Å². The second kappa shape index (κ2) is 9.31. The number of guanidine groups is 1. The van der Waals surface area contributed by atoms with Crippen LogP contribution in [0.25, 0.3) is 0 Å². The van der Waals surface area contributed by atoms with Crippen LogP contribution in [0.4, 0.5) is 5.95 Å². The zero-order chi connectivity index (χ0) is 18.6. The van der Waals surface area contributed by atoms with Gasteiger partial charge in [-0.2, -0.15) is 0 Å². The number of hydrogen-bond acceptors (Lipinski definition) is 6. The molecule has 2 N–H and O–H groups in total. The normalized spacial score (nSPS) is 15.4. The summed E-state index contributed by atoms with van der Waals surface area (Å²) in [7, 11) is -3.18. The Bertz CT molecular complexity index is 866. The highest BCUT2D eigenvalue weighted by Gasteiger charge is 2.19. The van der Waals surface area contributed by atoms with Gasteiger partial charge in [-0.15, -0.1) is 24.0 Å². The van der Waals surface area contributed by atoms with Crippen LogP contribution in [0.15, 0.2) is 52.6 Å². The van der Waals surface area contributed by atoms with Gasteiger partial charge in [0.25, 0.3) is 0 Å². The van der Waals surface area contributed by atoms with E-state index >= 15 is 0 Å². The van der Waals surface area contributed by atoms with Crippen molar-refractivity contribution >= 4 is 45.7 Å². The van der Waals surface area contributed by atoms with Gasteiger partial charge in [-0.3, -0.25) is 0 Å². The molecule has 0 bridgehead atoms. The van der Waals surface area contributed by atoms with E-state index < -0.39 is 9.84 Å². The van der Waals surface area contributed by atoms with E-state index in [1.54, 1.807) is 42.7 Å². The predicted octanol–water partition coefficient (Wildman–Crippen LogP) is 1.14. The number of sulfone groups is 1. The molecule has 3 rings (SSSR count). The Morgan fingerprint density at radius 1 is 1.11 bits per heavy atom. The Morgan fingerprint density at radius 3 is 2.26 bits per heavy atom. The SMILES string of the molecule is CS(=O)(=O)c1ccc(CN=C(N)N2CCN(c3ncccn3)CC2)cc1.I. The molecule has 0 spiro atoms. The zero-order valence-corrected chi connectivity index (χ0v) is 18.2. The Morgan fingerprint density at radius 2 is 1.70 bits per heavy atom. The van der Waals surface area contributed by atoms with Crippen molar-refractivity contribution in [1.82, 2.24) is 14.9 Å². The molecule has 1 fully saturated rings. The summed E-state index contributed by atoms with van der Waals surface area (Å²) in [5.41, 5.74) is 7.02. The van der Waals surface area contributed by atoms with Crippen molar-refractivity contribution in [1.29, 1.82) is 0 Å². The number of benzene rings is 1. The van der Waals surface area contributed by atoms with Crippen LogP contribution in [0.2, 0.25) is 0 Å². The molecule has 1 aromatic heterocycles. The zero-order valence-electron chi connectivity index (χ0n) is 15.0. The fraction of sp³-hybridized carbons (Fsp3) is 0.353. The lowest BCUT2D eigenvalue weighted by molar-refractivity contribution is 0.378. The summed E-state index contributed by atoms with van der Waals surface area (Å²) < 4.78 is 23.0. The first-order valence-corrected chi connectivity index (χ1v) is 10.2. The second-order valence-electron chi connectivity index (χ2n) is 6.11. The molecule has 1 aliphatic rings. The first-order valence-electron chi connectivity index (χ1n) is 8.29. The highest BCUT2D eigenvalue weighted by atomic mass is 127. The smallest absolute Gasteiger partial charge is 0.225 e. The van der Waals surface area contributed by atoms with E-state index in [0.717, 1.165) is 37.7 Å². The number of halogens is 1. The maximum Gasteiger partial charge on any atom is 0.225 e. The van der Waals surface area contributed by atoms with Crippen LogP contribution >= 0.6 is 24.0 Å². The molecule has 27 heavy (non-hydrogen) atoms. The molecule has 10 heteroatoms. The molecule has 0 aliphatic carbocycles. The highest BCUT2D eigenvalue weighted by Crippen LogP contribution is 2.12. The van der Waals surface area contributed by atoms with E-state index in [1.165, 1.54) is 6.26 Å². The molecular weight excluding hydrogens is 479 g/mol. The van der Waals surface area contributed by atoms with Gasteiger partial charge in [0.1, 0.15) is 0 Å². The number of aliphatic imine (C=N–C) groups is 1. The molecule has 0 amide bonds. The number of rotatable bonds is 4. The number of anilines is 1. The van der Waals surface area contributed by atoms with Gasteiger partial charge in [-0.1, -0.05) is 12.1 Å². The van der Waals surface area contributed by atoms with Gasteiger partial charge < -0.3 is 15.5 Å². The molecule has 0 atom stereocenters. The highest BCUT2D eigenvalue weighted by molar-refractivity contribution is 14.0. The number of nitrogens with two attached hydrogens (primary N) is 1. The van der Waals surface area contributed by atoms with Crippen molar-refractivity contribution < 1.29 is 8.42 Å². The summed E-state index contributed by atoms with van der Waals surface area (Å²) in [6.07, 6.45) is 4.66. The topological polar surface area (TPSA) is 105 Å². The van der Waals surface area contributed by atoms with Crippen LogP contribution in [0.5, 0.6) is 0 Å². The summed E-state index contributed by atoms with van der Waals surface area (Å²) in [6.45, 7) is 3.48. The minimum Gasteiger partial charge on any atom is -0.370 e. The van der Waals surface area contributed by atoms with Gasteiger partial charge in [-0.05, 0) is 23.8 Å². The van der Waals surface area contributed by atoms with E-state index in [4.69, 9.17) is 5.73 Å². The third kappa shape index (κ3) is 5.76. The molecule has 0 radical (unpaired) electrons. The number of aromatic nitrogens is 2. The Balaban J connectivity index is 0.00000261. The second-order valence-corrected chi connectivity index (χ2v) is 8.13. The van der Waals surface area contributed by atoms with Crippen LogP contribution in [0.3, 0.4) is 0 Å². The van der Waals surface area contributed by atoms with E-state index in [2.05, 4.69) is 19.9 Å². The van der Waals surface area contributed by atoms with Crippen molar-refractivity contribution in [3.05, 3.63) is 48.3 Å². The molecule has 8 nitrogen and oxygen atoms in total. The fourth-order valence-electron chi connectivity index (χ4n) is 2.70. The molecule has 0 unspecified atom stereocenters. The summed E-state index contributed by atoms with van der Waals surface area (Å²) in [4.78, 5) is 17.4. The first-order chi connectivity index (χ1) is 12.4. The third-order valence-electron chi connectivity index (χ3n) is 4.21. The Labute approximate surface area is 176 Å². The molecule has 2 aromatic rings. The van der Waals surface area contributed by atoms with Crippen LogP contribution < -0.4 is 10.6 Å². The minimum atomic E-state index is -3.18. The molecular formula is C17H23IN6O2S. The molecule has 1 saturated heterocycles. The number of hydrogen-bond donors (Lipinski definition) is 1. The Kier molecular flexibility index (Phi) is 7.36. The van der Waals surface area contributed by atoms with Crippen LogP contribution in [-0.2, 0) is 16.4 Å². The first kappa shape index (κ1) is 21.4. The van der Waals surface area contributed by atoms with Crippen LogP contribution in [0, 0.1) is 0 Å². The van der Waals surface area contributed by atoms with Crippen molar-refractivity contribution in [2.45, 2.75) is 11.4 Å². The largest absolute Gasteiger partial charge is 0.370 e. The van der Waals surface area contributed by atoms with Gasteiger partial charge >= 0.3 is 0 Å². The molecule has 1 aliphatic heterocycles. The number of piperazine rings is 1. The molecule has 1 aromatic carbocycles. The summed E-state index contributed by atoms with van der Waals surface area (Å²) in [5.74, 6) is 1.22.